The van der Waals surface area contributed by atoms with Crippen molar-refractivity contribution in [3.05, 3.63) is 30.0 Å². The van der Waals surface area contributed by atoms with Crippen molar-refractivity contribution >= 4 is 10.9 Å². The van der Waals surface area contributed by atoms with Crippen molar-refractivity contribution in [1.29, 1.82) is 0 Å². The van der Waals surface area contributed by atoms with Gasteiger partial charge >= 0.3 is 0 Å². The first-order chi connectivity index (χ1) is 11.6. The van der Waals surface area contributed by atoms with Gasteiger partial charge in [-0.05, 0) is 62.9 Å². The van der Waals surface area contributed by atoms with E-state index in [1.807, 2.05) is 0 Å². The molecule has 4 atom stereocenters. The molecule has 0 amide bonds. The number of benzene rings is 1. The molecule has 0 radical (unpaired) electrons. The van der Waals surface area contributed by atoms with Crippen molar-refractivity contribution in [2.24, 2.45) is 11.8 Å². The number of piperidine rings is 2. The second-order valence-electron chi connectivity index (χ2n) is 8.17. The summed E-state index contributed by atoms with van der Waals surface area (Å²) in [6.07, 6.45) is 6.00. The highest BCUT2D eigenvalue weighted by Crippen LogP contribution is 2.30. The van der Waals surface area contributed by atoms with Crippen LogP contribution in [0.15, 0.2) is 24.4 Å². The summed E-state index contributed by atoms with van der Waals surface area (Å²) in [7, 11) is 2.22. The van der Waals surface area contributed by atoms with Crippen LogP contribution in [0.3, 0.4) is 0 Å². The first-order valence-corrected chi connectivity index (χ1v) is 9.51. The Bertz CT molecular complexity index is 699. The van der Waals surface area contributed by atoms with E-state index < -0.39 is 0 Å². The molecule has 2 aliphatic rings. The largest absolute Gasteiger partial charge is 0.310 e. The van der Waals surface area contributed by atoms with Gasteiger partial charge in [-0.15, -0.1) is 0 Å². The van der Waals surface area contributed by atoms with Crippen LogP contribution in [0.1, 0.15) is 50.8 Å². The summed E-state index contributed by atoms with van der Waals surface area (Å²) in [6.45, 7) is 8.14. The monoisotopic (exact) mass is 326 g/mol. The van der Waals surface area contributed by atoms with Crippen molar-refractivity contribution in [2.75, 3.05) is 26.7 Å². The number of aromatic nitrogens is 2. The van der Waals surface area contributed by atoms with Crippen molar-refractivity contribution in [1.82, 2.24) is 20.0 Å². The average molecular weight is 326 g/mol. The van der Waals surface area contributed by atoms with Gasteiger partial charge in [-0.3, -0.25) is 4.68 Å². The van der Waals surface area contributed by atoms with Crippen LogP contribution in [0.4, 0.5) is 0 Å². The Morgan fingerprint density at radius 3 is 2.79 bits per heavy atom. The van der Waals surface area contributed by atoms with Gasteiger partial charge in [0.05, 0.1) is 11.6 Å². The van der Waals surface area contributed by atoms with Crippen molar-refractivity contribution < 1.29 is 0 Å². The Hall–Kier alpha value is -1.39. The Labute approximate surface area is 145 Å². The van der Waals surface area contributed by atoms with E-state index in [2.05, 4.69) is 60.2 Å². The molecule has 0 spiro atoms. The number of rotatable bonds is 2. The lowest BCUT2D eigenvalue weighted by Gasteiger charge is -2.34. The van der Waals surface area contributed by atoms with Crippen molar-refractivity contribution in [2.45, 2.75) is 45.2 Å². The highest BCUT2D eigenvalue weighted by molar-refractivity contribution is 5.78. The van der Waals surface area contributed by atoms with E-state index in [-0.39, 0.29) is 0 Å². The third-order valence-electron chi connectivity index (χ3n) is 6.02. The normalized spacial score (nSPS) is 32.3. The van der Waals surface area contributed by atoms with Crippen LogP contribution in [0.2, 0.25) is 0 Å². The van der Waals surface area contributed by atoms with Crippen LogP contribution >= 0.6 is 0 Å². The highest BCUT2D eigenvalue weighted by Gasteiger charge is 2.26. The number of hydrogen-bond acceptors (Lipinski definition) is 3. The smallest absolute Gasteiger partial charge is 0.0926 e. The quantitative estimate of drug-likeness (QED) is 0.915. The van der Waals surface area contributed by atoms with Crippen LogP contribution in [0.5, 0.6) is 0 Å². The van der Waals surface area contributed by atoms with Gasteiger partial charge in [-0.2, -0.15) is 5.10 Å². The van der Waals surface area contributed by atoms with E-state index in [0.29, 0.717) is 18.0 Å². The molecule has 3 heterocycles. The zero-order valence-corrected chi connectivity index (χ0v) is 15.2. The Morgan fingerprint density at radius 1 is 1.17 bits per heavy atom. The van der Waals surface area contributed by atoms with E-state index in [1.54, 1.807) is 0 Å². The Morgan fingerprint density at radius 2 is 2.04 bits per heavy atom. The molecule has 24 heavy (non-hydrogen) atoms. The molecule has 1 N–H and O–H groups in total. The lowest BCUT2D eigenvalue weighted by molar-refractivity contribution is 0.151. The maximum atomic E-state index is 4.95. The minimum atomic E-state index is 0.498. The Balaban J connectivity index is 1.57. The molecule has 2 saturated heterocycles. The van der Waals surface area contributed by atoms with E-state index in [1.165, 1.54) is 36.8 Å². The van der Waals surface area contributed by atoms with Gasteiger partial charge in [-0.25, -0.2) is 0 Å². The number of fused-ring (bicyclic) bond motifs is 1. The second-order valence-corrected chi connectivity index (χ2v) is 8.17. The third kappa shape index (κ3) is 3.09. The summed E-state index contributed by atoms with van der Waals surface area (Å²) in [5.74, 6) is 1.45. The van der Waals surface area contributed by atoms with Gasteiger partial charge in [0.25, 0.3) is 0 Å². The average Bonchev–Trinajstić information content (AvgIpc) is 2.98. The van der Waals surface area contributed by atoms with E-state index in [9.17, 15) is 0 Å². The molecule has 1 aromatic carbocycles. The highest BCUT2D eigenvalue weighted by atomic mass is 15.3. The van der Waals surface area contributed by atoms with Gasteiger partial charge < -0.3 is 10.2 Å². The summed E-state index contributed by atoms with van der Waals surface area (Å²) in [5, 5.41) is 9.92. The fourth-order valence-electron chi connectivity index (χ4n) is 4.46. The predicted molar refractivity (Wildman–Crippen MR) is 99.2 cm³/mol. The number of hydrogen-bond donors (Lipinski definition) is 1. The minimum Gasteiger partial charge on any atom is -0.310 e. The van der Waals surface area contributed by atoms with Gasteiger partial charge in [0, 0.05) is 24.2 Å². The predicted octanol–water partition coefficient (Wildman–Crippen LogP) is 3.61. The SMILES string of the molecule is CC1CCC(c2ccc3cn(C4CCN(C)CC4C)nc3c2)NC1. The minimum absolute atomic E-state index is 0.498. The van der Waals surface area contributed by atoms with Crippen LogP contribution in [0.25, 0.3) is 10.9 Å². The van der Waals surface area contributed by atoms with E-state index >= 15 is 0 Å². The molecule has 1 aromatic heterocycles. The van der Waals surface area contributed by atoms with E-state index in [0.717, 1.165) is 24.5 Å². The maximum absolute atomic E-state index is 4.95. The summed E-state index contributed by atoms with van der Waals surface area (Å²) in [5.41, 5.74) is 2.55. The van der Waals surface area contributed by atoms with Crippen LogP contribution in [0, 0.1) is 11.8 Å². The summed E-state index contributed by atoms with van der Waals surface area (Å²) >= 11 is 0. The van der Waals surface area contributed by atoms with Crippen molar-refractivity contribution in [3.8, 4) is 0 Å². The molecule has 4 heteroatoms. The van der Waals surface area contributed by atoms with Crippen LogP contribution in [-0.2, 0) is 0 Å². The summed E-state index contributed by atoms with van der Waals surface area (Å²) in [6, 6.07) is 7.89. The molecule has 0 saturated carbocycles. The maximum Gasteiger partial charge on any atom is 0.0926 e. The first kappa shape index (κ1) is 16.1. The molecule has 0 bridgehead atoms. The fourth-order valence-corrected chi connectivity index (χ4v) is 4.46. The molecule has 2 fully saturated rings. The van der Waals surface area contributed by atoms with Crippen LogP contribution < -0.4 is 5.32 Å². The Kier molecular flexibility index (Phi) is 4.35. The number of likely N-dealkylation sites (tertiary alicyclic amines) is 1. The van der Waals surface area contributed by atoms with Crippen molar-refractivity contribution in [3.63, 3.8) is 0 Å². The molecule has 4 unspecified atom stereocenters. The lowest BCUT2D eigenvalue weighted by atomic mass is 9.92. The molecule has 130 valence electrons. The summed E-state index contributed by atoms with van der Waals surface area (Å²) < 4.78 is 2.24. The molecule has 4 nitrogen and oxygen atoms in total. The zero-order valence-electron chi connectivity index (χ0n) is 15.2. The first-order valence-electron chi connectivity index (χ1n) is 9.51. The van der Waals surface area contributed by atoms with Gasteiger partial charge in [-0.1, -0.05) is 26.0 Å². The topological polar surface area (TPSA) is 33.1 Å². The second kappa shape index (κ2) is 6.49. The van der Waals surface area contributed by atoms with Gasteiger partial charge in [0.1, 0.15) is 0 Å². The molecule has 0 aliphatic carbocycles. The lowest BCUT2D eigenvalue weighted by Crippen LogP contribution is -2.37. The third-order valence-corrected chi connectivity index (χ3v) is 6.02. The standard InChI is InChI=1S/C20H30N4/c1-14-4-7-18(21-11-14)16-5-6-17-13-24(22-19(17)10-16)20-8-9-23(3)12-15(20)2/h5-6,10,13-15,18,20-21H,4,7-9,11-12H2,1-3H3. The number of nitrogens with one attached hydrogen (secondary N) is 1. The summed E-state index contributed by atoms with van der Waals surface area (Å²) in [4.78, 5) is 2.43. The molecule has 2 aliphatic heterocycles. The molecule has 4 rings (SSSR count). The van der Waals surface area contributed by atoms with Gasteiger partial charge in [0.2, 0.25) is 0 Å². The molecular weight excluding hydrogens is 296 g/mol. The van der Waals surface area contributed by atoms with Gasteiger partial charge in [0.15, 0.2) is 0 Å². The van der Waals surface area contributed by atoms with Crippen LogP contribution in [-0.4, -0.2) is 41.4 Å². The van der Waals surface area contributed by atoms with E-state index in [4.69, 9.17) is 5.10 Å². The fraction of sp³-hybridized carbons (Fsp3) is 0.650. The molecular formula is C20H30N4. The molecule has 2 aromatic rings. The number of nitrogens with zero attached hydrogens (tertiary/aromatic N) is 3. The zero-order chi connectivity index (χ0) is 16.7.